The zero-order valence-corrected chi connectivity index (χ0v) is 15.5. The summed E-state index contributed by atoms with van der Waals surface area (Å²) in [5.41, 5.74) is 6.55. The normalized spacial score (nSPS) is 20.4. The topological polar surface area (TPSA) is 17.8 Å². The third-order valence-electron chi connectivity index (χ3n) is 5.41. The SMILES string of the molecule is CC1=CCCC(C)(C)C1/C=C/c1ccn(-c2ccc(C)c(C)c2)n1. The molecule has 0 saturated heterocycles. The quantitative estimate of drug-likeness (QED) is 0.645. The monoisotopic (exact) mass is 320 g/mol. The molecule has 2 aromatic rings. The molecule has 1 aliphatic carbocycles. The lowest BCUT2D eigenvalue weighted by atomic mass is 9.68. The summed E-state index contributed by atoms with van der Waals surface area (Å²) in [4.78, 5) is 0. The van der Waals surface area contributed by atoms with Crippen molar-refractivity contribution in [1.29, 1.82) is 0 Å². The number of benzene rings is 1. The minimum Gasteiger partial charge on any atom is -0.240 e. The smallest absolute Gasteiger partial charge is 0.0852 e. The van der Waals surface area contributed by atoms with Gasteiger partial charge in [0.05, 0.1) is 11.4 Å². The number of hydrogen-bond acceptors (Lipinski definition) is 1. The second kappa shape index (κ2) is 6.43. The van der Waals surface area contributed by atoms with E-state index in [2.05, 4.69) is 77.1 Å². The lowest BCUT2D eigenvalue weighted by Gasteiger charge is -2.36. The first-order valence-corrected chi connectivity index (χ1v) is 8.85. The van der Waals surface area contributed by atoms with Gasteiger partial charge in [-0.1, -0.05) is 37.6 Å². The van der Waals surface area contributed by atoms with Gasteiger partial charge in [-0.15, -0.1) is 0 Å². The summed E-state index contributed by atoms with van der Waals surface area (Å²) in [7, 11) is 0. The van der Waals surface area contributed by atoms with Gasteiger partial charge in [-0.3, -0.25) is 0 Å². The molecular weight excluding hydrogens is 292 g/mol. The molecular formula is C22H28N2. The molecule has 1 heterocycles. The molecule has 126 valence electrons. The summed E-state index contributed by atoms with van der Waals surface area (Å²) in [6, 6.07) is 8.55. The Morgan fingerprint density at radius 3 is 2.62 bits per heavy atom. The van der Waals surface area contributed by atoms with Crippen molar-refractivity contribution in [3.63, 3.8) is 0 Å². The van der Waals surface area contributed by atoms with Gasteiger partial charge in [-0.25, -0.2) is 4.68 Å². The van der Waals surface area contributed by atoms with Crippen LogP contribution < -0.4 is 0 Å². The first-order chi connectivity index (χ1) is 11.4. The summed E-state index contributed by atoms with van der Waals surface area (Å²) in [5, 5.41) is 4.72. The second-order valence-corrected chi connectivity index (χ2v) is 7.77. The molecule has 1 atom stereocenters. The van der Waals surface area contributed by atoms with Crippen molar-refractivity contribution in [2.75, 3.05) is 0 Å². The number of allylic oxidation sites excluding steroid dienone is 3. The first-order valence-electron chi connectivity index (χ1n) is 8.85. The predicted octanol–water partition coefficient (Wildman–Crippen LogP) is 5.88. The highest BCUT2D eigenvalue weighted by molar-refractivity contribution is 5.47. The van der Waals surface area contributed by atoms with E-state index in [1.807, 2.05) is 10.9 Å². The third kappa shape index (κ3) is 3.38. The number of hydrogen-bond donors (Lipinski definition) is 0. The van der Waals surface area contributed by atoms with Crippen molar-refractivity contribution in [3.8, 4) is 5.69 Å². The van der Waals surface area contributed by atoms with Gasteiger partial charge in [0.1, 0.15) is 0 Å². The van der Waals surface area contributed by atoms with E-state index in [-0.39, 0.29) is 0 Å². The zero-order chi connectivity index (χ0) is 17.3. The van der Waals surface area contributed by atoms with E-state index in [9.17, 15) is 0 Å². The fraction of sp³-hybridized carbons (Fsp3) is 0.409. The second-order valence-electron chi connectivity index (χ2n) is 7.77. The lowest BCUT2D eigenvalue weighted by Crippen LogP contribution is -2.26. The molecule has 0 N–H and O–H groups in total. The number of nitrogens with zero attached hydrogens (tertiary/aromatic N) is 2. The molecule has 1 unspecified atom stereocenters. The highest BCUT2D eigenvalue weighted by Gasteiger charge is 2.30. The Morgan fingerprint density at radius 2 is 1.92 bits per heavy atom. The molecule has 0 radical (unpaired) electrons. The molecule has 0 saturated carbocycles. The number of aromatic nitrogens is 2. The summed E-state index contributed by atoms with van der Waals surface area (Å²) < 4.78 is 1.96. The average Bonchev–Trinajstić information content (AvgIpc) is 2.98. The van der Waals surface area contributed by atoms with Gasteiger partial charge in [0.25, 0.3) is 0 Å². The molecule has 2 heteroatoms. The highest BCUT2D eigenvalue weighted by Crippen LogP contribution is 2.41. The van der Waals surface area contributed by atoms with Gasteiger partial charge in [0.2, 0.25) is 0 Å². The summed E-state index contributed by atoms with van der Waals surface area (Å²) >= 11 is 0. The highest BCUT2D eigenvalue weighted by atomic mass is 15.3. The van der Waals surface area contributed by atoms with Crippen LogP contribution in [0.5, 0.6) is 0 Å². The van der Waals surface area contributed by atoms with Gasteiger partial charge in [-0.05, 0) is 74.4 Å². The Bertz CT molecular complexity index is 790. The number of aryl methyl sites for hydroxylation is 2. The Kier molecular flexibility index (Phi) is 4.49. The van der Waals surface area contributed by atoms with Crippen LogP contribution in [0.1, 0.15) is 50.4 Å². The van der Waals surface area contributed by atoms with E-state index >= 15 is 0 Å². The minimum absolute atomic E-state index is 0.325. The van der Waals surface area contributed by atoms with Gasteiger partial charge in [-0.2, -0.15) is 5.10 Å². The van der Waals surface area contributed by atoms with Crippen molar-refractivity contribution in [3.05, 3.63) is 65.0 Å². The maximum atomic E-state index is 4.72. The Labute approximate surface area is 145 Å². The van der Waals surface area contributed by atoms with Crippen molar-refractivity contribution in [2.24, 2.45) is 11.3 Å². The molecule has 0 aliphatic heterocycles. The molecule has 0 amide bonds. The molecule has 1 aliphatic rings. The first kappa shape index (κ1) is 16.8. The molecule has 0 bridgehead atoms. The maximum Gasteiger partial charge on any atom is 0.0852 e. The summed E-state index contributed by atoms with van der Waals surface area (Å²) in [6.45, 7) is 11.3. The fourth-order valence-corrected chi connectivity index (χ4v) is 3.62. The van der Waals surface area contributed by atoms with Crippen LogP contribution in [0, 0.1) is 25.2 Å². The summed E-state index contributed by atoms with van der Waals surface area (Å²) in [6.07, 6.45) is 11.4. The van der Waals surface area contributed by atoms with E-state index in [1.165, 1.54) is 29.5 Å². The van der Waals surface area contributed by atoms with Crippen LogP contribution in [0.4, 0.5) is 0 Å². The van der Waals surface area contributed by atoms with E-state index in [4.69, 9.17) is 5.10 Å². The third-order valence-corrected chi connectivity index (χ3v) is 5.41. The van der Waals surface area contributed by atoms with Crippen molar-refractivity contribution < 1.29 is 0 Å². The molecule has 0 fully saturated rings. The van der Waals surface area contributed by atoms with Crippen molar-refractivity contribution in [1.82, 2.24) is 9.78 Å². The Balaban J connectivity index is 1.82. The van der Waals surface area contributed by atoms with Crippen molar-refractivity contribution >= 4 is 6.08 Å². The molecule has 1 aromatic heterocycles. The molecule has 24 heavy (non-hydrogen) atoms. The lowest BCUT2D eigenvalue weighted by molar-refractivity contribution is 0.256. The molecule has 1 aromatic carbocycles. The number of rotatable bonds is 3. The van der Waals surface area contributed by atoms with Crippen LogP contribution in [0.2, 0.25) is 0 Å². The predicted molar refractivity (Wildman–Crippen MR) is 102 cm³/mol. The fourth-order valence-electron chi connectivity index (χ4n) is 3.62. The van der Waals surface area contributed by atoms with Gasteiger partial charge in [0, 0.05) is 12.1 Å². The van der Waals surface area contributed by atoms with E-state index in [0.29, 0.717) is 11.3 Å². The van der Waals surface area contributed by atoms with Crippen LogP contribution in [0.3, 0.4) is 0 Å². The molecule has 2 nitrogen and oxygen atoms in total. The van der Waals surface area contributed by atoms with Gasteiger partial charge in [0.15, 0.2) is 0 Å². The Morgan fingerprint density at radius 1 is 1.12 bits per heavy atom. The zero-order valence-electron chi connectivity index (χ0n) is 15.5. The molecule has 3 rings (SSSR count). The minimum atomic E-state index is 0.325. The largest absolute Gasteiger partial charge is 0.240 e. The van der Waals surface area contributed by atoms with E-state index in [0.717, 1.165) is 11.4 Å². The van der Waals surface area contributed by atoms with Crippen LogP contribution in [0.25, 0.3) is 11.8 Å². The van der Waals surface area contributed by atoms with Crippen LogP contribution in [-0.4, -0.2) is 9.78 Å². The van der Waals surface area contributed by atoms with E-state index < -0.39 is 0 Å². The summed E-state index contributed by atoms with van der Waals surface area (Å²) in [5.74, 6) is 0.498. The van der Waals surface area contributed by atoms with Crippen LogP contribution in [-0.2, 0) is 0 Å². The van der Waals surface area contributed by atoms with Gasteiger partial charge < -0.3 is 0 Å². The van der Waals surface area contributed by atoms with Gasteiger partial charge >= 0.3 is 0 Å². The van der Waals surface area contributed by atoms with E-state index in [1.54, 1.807) is 0 Å². The van der Waals surface area contributed by atoms with Crippen LogP contribution >= 0.6 is 0 Å². The average molecular weight is 320 g/mol. The maximum absolute atomic E-state index is 4.72. The van der Waals surface area contributed by atoms with Crippen LogP contribution in [0.15, 0.2) is 48.2 Å². The Hall–Kier alpha value is -2.09. The van der Waals surface area contributed by atoms with Crippen molar-refractivity contribution in [2.45, 2.75) is 47.5 Å². The molecule has 0 spiro atoms. The standard InChI is InChI=1S/C22H28N2/c1-16-8-10-20(15-18(16)3)24-14-12-19(23-24)9-11-21-17(2)7-6-13-22(21,4)5/h7-12,14-15,21H,6,13H2,1-5H3/b11-9+.